The number of rotatable bonds is 7. The van der Waals surface area contributed by atoms with Crippen molar-refractivity contribution >= 4 is 5.71 Å². The summed E-state index contributed by atoms with van der Waals surface area (Å²) in [5.74, 6) is 2.09. The van der Waals surface area contributed by atoms with Gasteiger partial charge in [-0.25, -0.2) is 0 Å². The average Bonchev–Trinajstić information content (AvgIpc) is 3.00. The van der Waals surface area contributed by atoms with Gasteiger partial charge in [0.05, 0.1) is 18.8 Å². The Hall–Kier alpha value is -1.75. The highest BCUT2D eigenvalue weighted by Crippen LogP contribution is 2.37. The van der Waals surface area contributed by atoms with E-state index in [0.717, 1.165) is 31.0 Å². The van der Waals surface area contributed by atoms with Gasteiger partial charge in [0.2, 0.25) is 0 Å². The van der Waals surface area contributed by atoms with Gasteiger partial charge in [0, 0.05) is 31.1 Å². The third-order valence-corrected chi connectivity index (χ3v) is 4.85. The van der Waals surface area contributed by atoms with Crippen LogP contribution in [0.5, 0.6) is 11.5 Å². The minimum absolute atomic E-state index is 0.130. The monoisotopic (exact) mass is 345 g/mol. The highest BCUT2D eigenvalue weighted by atomic mass is 16.5. The Morgan fingerprint density at radius 2 is 2.12 bits per heavy atom. The van der Waals surface area contributed by atoms with Crippen molar-refractivity contribution in [2.45, 2.75) is 52.7 Å². The first kappa shape index (κ1) is 18.1. The summed E-state index contributed by atoms with van der Waals surface area (Å²) in [6.07, 6.45) is 2.40. The van der Waals surface area contributed by atoms with Crippen molar-refractivity contribution in [3.63, 3.8) is 0 Å². The summed E-state index contributed by atoms with van der Waals surface area (Å²) >= 11 is 0. The molecule has 2 atom stereocenters. The first-order valence-electron chi connectivity index (χ1n) is 9.60. The molecule has 0 aromatic heterocycles. The number of likely N-dealkylation sites (tertiary alicyclic amines) is 1. The molecule has 25 heavy (non-hydrogen) atoms. The molecular weight excluding hydrogens is 314 g/mol. The topological polar surface area (TPSA) is 46.1 Å². The minimum atomic E-state index is 0.130. The number of hydrogen-bond donors (Lipinski definition) is 1. The molecule has 1 N–H and O–H groups in total. The summed E-state index contributed by atoms with van der Waals surface area (Å²) in [6, 6.07) is 6.53. The molecule has 0 saturated carbocycles. The minimum Gasteiger partial charge on any atom is -0.490 e. The Labute approximate surface area is 151 Å². The quantitative estimate of drug-likeness (QED) is 0.820. The lowest BCUT2D eigenvalue weighted by molar-refractivity contribution is 0.221. The molecule has 138 valence electrons. The van der Waals surface area contributed by atoms with Crippen LogP contribution in [-0.4, -0.2) is 43.0 Å². The van der Waals surface area contributed by atoms with E-state index in [1.165, 1.54) is 24.2 Å². The van der Waals surface area contributed by atoms with Crippen molar-refractivity contribution in [1.29, 1.82) is 0 Å². The second-order valence-corrected chi connectivity index (χ2v) is 7.17. The van der Waals surface area contributed by atoms with Gasteiger partial charge in [-0.05, 0) is 51.4 Å². The van der Waals surface area contributed by atoms with Gasteiger partial charge in [-0.3, -0.25) is 0 Å². The van der Waals surface area contributed by atoms with E-state index in [4.69, 9.17) is 9.47 Å². The SMILES string of the molecule is CCCN1CCC2=NNC(c3ccc(OC(C)C)c(OCC)c3)C2C1. The van der Waals surface area contributed by atoms with Crippen LogP contribution < -0.4 is 14.9 Å². The third kappa shape index (κ3) is 4.09. The number of hydrogen-bond acceptors (Lipinski definition) is 5. The van der Waals surface area contributed by atoms with Crippen molar-refractivity contribution < 1.29 is 9.47 Å². The van der Waals surface area contributed by atoms with Crippen LogP contribution in [0.2, 0.25) is 0 Å². The zero-order chi connectivity index (χ0) is 17.8. The van der Waals surface area contributed by atoms with Crippen molar-refractivity contribution in [3.05, 3.63) is 23.8 Å². The summed E-state index contributed by atoms with van der Waals surface area (Å²) < 4.78 is 11.7. The van der Waals surface area contributed by atoms with Crippen molar-refractivity contribution in [3.8, 4) is 11.5 Å². The molecule has 0 radical (unpaired) electrons. The van der Waals surface area contributed by atoms with Crippen LogP contribution in [0.4, 0.5) is 0 Å². The predicted molar refractivity (Wildman–Crippen MR) is 102 cm³/mol. The first-order valence-corrected chi connectivity index (χ1v) is 9.60. The fourth-order valence-corrected chi connectivity index (χ4v) is 3.78. The maximum absolute atomic E-state index is 5.89. The zero-order valence-electron chi connectivity index (χ0n) is 15.9. The lowest BCUT2D eigenvalue weighted by atomic mass is 9.86. The number of piperidine rings is 1. The number of nitrogens with one attached hydrogen (secondary N) is 1. The molecule has 5 heteroatoms. The second-order valence-electron chi connectivity index (χ2n) is 7.17. The van der Waals surface area contributed by atoms with Crippen LogP contribution in [0.25, 0.3) is 0 Å². The summed E-state index contributed by atoms with van der Waals surface area (Å²) in [6.45, 7) is 12.3. The lowest BCUT2D eigenvalue weighted by Gasteiger charge is -2.33. The Morgan fingerprint density at radius 1 is 1.28 bits per heavy atom. The van der Waals surface area contributed by atoms with E-state index in [9.17, 15) is 0 Å². The molecule has 1 saturated heterocycles. The molecule has 0 aliphatic carbocycles. The number of nitrogens with zero attached hydrogens (tertiary/aromatic N) is 2. The van der Waals surface area contributed by atoms with Crippen molar-refractivity contribution in [1.82, 2.24) is 10.3 Å². The van der Waals surface area contributed by atoms with Crippen LogP contribution in [0.3, 0.4) is 0 Å². The molecule has 1 aromatic rings. The lowest BCUT2D eigenvalue weighted by Crippen LogP contribution is -2.42. The standard InChI is InChI=1S/C20H31N3O2/c1-5-10-23-11-9-17-16(13-23)20(22-21-17)15-7-8-18(25-14(3)4)19(12-15)24-6-2/h7-8,12,14,16,20,22H,5-6,9-11,13H2,1-4H3. The van der Waals surface area contributed by atoms with Gasteiger partial charge in [-0.15, -0.1) is 0 Å². The number of hydrazone groups is 1. The Kier molecular flexibility index (Phi) is 5.84. The maximum Gasteiger partial charge on any atom is 0.161 e. The van der Waals surface area contributed by atoms with Crippen molar-refractivity contribution in [2.24, 2.45) is 11.0 Å². The molecule has 0 spiro atoms. The van der Waals surface area contributed by atoms with Gasteiger partial charge < -0.3 is 19.8 Å². The molecule has 2 unspecified atom stereocenters. The molecule has 1 aromatic carbocycles. The van der Waals surface area contributed by atoms with E-state index in [1.807, 2.05) is 26.8 Å². The van der Waals surface area contributed by atoms with E-state index in [-0.39, 0.29) is 12.1 Å². The van der Waals surface area contributed by atoms with Gasteiger partial charge in [0.15, 0.2) is 11.5 Å². The van der Waals surface area contributed by atoms with E-state index >= 15 is 0 Å². The molecule has 2 aliphatic heterocycles. The molecule has 2 heterocycles. The number of fused-ring (bicyclic) bond motifs is 1. The van der Waals surface area contributed by atoms with E-state index in [1.54, 1.807) is 0 Å². The summed E-state index contributed by atoms with van der Waals surface area (Å²) in [7, 11) is 0. The average molecular weight is 345 g/mol. The van der Waals surface area contributed by atoms with E-state index in [2.05, 4.69) is 34.5 Å². The molecule has 2 aliphatic rings. The first-order chi connectivity index (χ1) is 12.1. The summed E-state index contributed by atoms with van der Waals surface area (Å²) in [5, 5.41) is 4.62. The molecule has 0 amide bonds. The Balaban J connectivity index is 1.80. The van der Waals surface area contributed by atoms with Gasteiger partial charge in [-0.2, -0.15) is 5.10 Å². The normalized spacial score (nSPS) is 23.2. The summed E-state index contributed by atoms with van der Waals surface area (Å²) in [5.41, 5.74) is 5.91. The van der Waals surface area contributed by atoms with Gasteiger partial charge in [-0.1, -0.05) is 13.0 Å². The number of benzene rings is 1. The molecule has 1 fully saturated rings. The van der Waals surface area contributed by atoms with Crippen LogP contribution in [0.1, 0.15) is 52.1 Å². The van der Waals surface area contributed by atoms with E-state index in [0.29, 0.717) is 12.5 Å². The van der Waals surface area contributed by atoms with Crippen LogP contribution >= 0.6 is 0 Å². The Bertz CT molecular complexity index is 615. The molecule has 0 bridgehead atoms. The smallest absolute Gasteiger partial charge is 0.161 e. The van der Waals surface area contributed by atoms with Crippen LogP contribution in [-0.2, 0) is 0 Å². The largest absolute Gasteiger partial charge is 0.490 e. The van der Waals surface area contributed by atoms with Gasteiger partial charge >= 0.3 is 0 Å². The highest BCUT2D eigenvalue weighted by Gasteiger charge is 2.37. The maximum atomic E-state index is 5.89. The fourth-order valence-electron chi connectivity index (χ4n) is 3.78. The molecular formula is C20H31N3O2. The van der Waals surface area contributed by atoms with Gasteiger partial charge in [0.1, 0.15) is 0 Å². The van der Waals surface area contributed by atoms with Crippen LogP contribution in [0.15, 0.2) is 23.3 Å². The van der Waals surface area contributed by atoms with Crippen LogP contribution in [0, 0.1) is 5.92 Å². The zero-order valence-corrected chi connectivity index (χ0v) is 15.9. The molecule has 5 nitrogen and oxygen atoms in total. The number of ether oxygens (including phenoxy) is 2. The van der Waals surface area contributed by atoms with Crippen molar-refractivity contribution in [2.75, 3.05) is 26.2 Å². The fraction of sp³-hybridized carbons (Fsp3) is 0.650. The summed E-state index contributed by atoms with van der Waals surface area (Å²) in [4.78, 5) is 2.56. The highest BCUT2D eigenvalue weighted by molar-refractivity contribution is 5.90. The Morgan fingerprint density at radius 3 is 2.84 bits per heavy atom. The van der Waals surface area contributed by atoms with E-state index < -0.39 is 0 Å². The van der Waals surface area contributed by atoms with Gasteiger partial charge in [0.25, 0.3) is 0 Å². The third-order valence-electron chi connectivity index (χ3n) is 4.85. The second kappa shape index (κ2) is 8.09. The predicted octanol–water partition coefficient (Wildman–Crippen LogP) is 3.60. The molecule has 3 rings (SSSR count).